The molecule has 0 unspecified atom stereocenters. The number of aryl methyl sites for hydroxylation is 1. The van der Waals surface area contributed by atoms with Crippen LogP contribution in [0.1, 0.15) is 12.0 Å². The van der Waals surface area contributed by atoms with Gasteiger partial charge in [-0.3, -0.25) is 19.2 Å². The maximum Gasteiger partial charge on any atom is 0.224 e. The molecule has 1 aromatic heterocycles. The maximum atomic E-state index is 12.7. The Hall–Kier alpha value is -2.99. The molecule has 1 amide bonds. The van der Waals surface area contributed by atoms with E-state index in [0.29, 0.717) is 18.4 Å². The van der Waals surface area contributed by atoms with Gasteiger partial charge in [0.1, 0.15) is 0 Å². The Balaban J connectivity index is 1.27. The molecule has 0 N–H and O–H groups in total. The van der Waals surface area contributed by atoms with Crippen molar-refractivity contribution < 1.29 is 4.79 Å². The van der Waals surface area contributed by atoms with Crippen molar-refractivity contribution in [1.82, 2.24) is 19.6 Å². The van der Waals surface area contributed by atoms with Crippen molar-refractivity contribution in [3.05, 3.63) is 76.6 Å². The summed E-state index contributed by atoms with van der Waals surface area (Å²) in [6, 6.07) is 17.9. The summed E-state index contributed by atoms with van der Waals surface area (Å²) in [5.41, 5.74) is 2.04. The van der Waals surface area contributed by atoms with Gasteiger partial charge in [-0.2, -0.15) is 5.10 Å². The highest BCUT2D eigenvalue weighted by molar-refractivity contribution is 5.79. The highest BCUT2D eigenvalue weighted by Crippen LogP contribution is 2.10. The molecule has 0 spiro atoms. The van der Waals surface area contributed by atoms with Crippen molar-refractivity contribution >= 4 is 16.8 Å². The highest BCUT2D eigenvalue weighted by Gasteiger charge is 2.20. The van der Waals surface area contributed by atoms with Gasteiger partial charge in [0.15, 0.2) is 0 Å². The number of aromatic nitrogens is 2. The fourth-order valence-electron chi connectivity index (χ4n) is 3.85. The fraction of sp³-hybridized carbons (Fsp3) is 0.348. The van der Waals surface area contributed by atoms with Gasteiger partial charge in [-0.1, -0.05) is 42.5 Å². The van der Waals surface area contributed by atoms with Crippen LogP contribution in [0.5, 0.6) is 0 Å². The third kappa shape index (κ3) is 4.71. The number of carbonyl (C=O) groups excluding carboxylic acids is 1. The zero-order chi connectivity index (χ0) is 20.1. The molecule has 0 bridgehead atoms. The summed E-state index contributed by atoms with van der Waals surface area (Å²) in [6.45, 7) is 4.88. The molecule has 0 aliphatic carbocycles. The molecule has 1 aliphatic rings. The molecule has 6 heteroatoms. The Morgan fingerprint density at radius 2 is 1.62 bits per heavy atom. The van der Waals surface area contributed by atoms with E-state index in [1.54, 1.807) is 10.7 Å². The van der Waals surface area contributed by atoms with Gasteiger partial charge in [0.05, 0.1) is 18.3 Å². The first-order valence-electron chi connectivity index (χ1n) is 10.2. The Morgan fingerprint density at radius 3 is 2.41 bits per heavy atom. The number of para-hydroxylation sites is 1. The quantitative estimate of drug-likeness (QED) is 0.647. The van der Waals surface area contributed by atoms with Crippen LogP contribution < -0.4 is 5.43 Å². The van der Waals surface area contributed by atoms with Crippen LogP contribution in [0.25, 0.3) is 10.9 Å². The van der Waals surface area contributed by atoms with Crippen molar-refractivity contribution in [2.75, 3.05) is 32.7 Å². The number of hydrogen-bond acceptors (Lipinski definition) is 4. The number of rotatable bonds is 6. The van der Waals surface area contributed by atoms with E-state index in [9.17, 15) is 9.59 Å². The van der Waals surface area contributed by atoms with Crippen molar-refractivity contribution in [3.8, 4) is 0 Å². The van der Waals surface area contributed by atoms with E-state index in [4.69, 9.17) is 0 Å². The Bertz CT molecular complexity index is 1020. The Kier molecular flexibility index (Phi) is 6.00. The number of nitrogens with zero attached hydrogens (tertiary/aromatic N) is 4. The van der Waals surface area contributed by atoms with E-state index in [1.807, 2.05) is 29.2 Å². The summed E-state index contributed by atoms with van der Waals surface area (Å²) >= 11 is 0. The summed E-state index contributed by atoms with van der Waals surface area (Å²) in [7, 11) is 0. The minimum absolute atomic E-state index is 0.0881. The van der Waals surface area contributed by atoms with Gasteiger partial charge < -0.3 is 4.90 Å². The van der Waals surface area contributed by atoms with Gasteiger partial charge in [0, 0.05) is 44.5 Å². The lowest BCUT2D eigenvalue weighted by atomic mass is 10.1. The molecule has 2 heterocycles. The van der Waals surface area contributed by atoms with Crippen LogP contribution in [0, 0.1) is 0 Å². The lowest BCUT2D eigenvalue weighted by Gasteiger charge is -2.34. The third-order valence-corrected chi connectivity index (χ3v) is 5.58. The molecule has 150 valence electrons. The third-order valence-electron chi connectivity index (χ3n) is 5.58. The van der Waals surface area contributed by atoms with E-state index in [1.165, 1.54) is 11.8 Å². The van der Waals surface area contributed by atoms with Gasteiger partial charge in [0.25, 0.3) is 0 Å². The summed E-state index contributed by atoms with van der Waals surface area (Å²) in [6.07, 6.45) is 2.77. The van der Waals surface area contributed by atoms with Crippen LogP contribution in [0.15, 0.2) is 65.6 Å². The summed E-state index contributed by atoms with van der Waals surface area (Å²) in [5, 5.41) is 4.85. The number of fused-ring (bicyclic) bond motifs is 1. The Morgan fingerprint density at radius 1 is 0.897 bits per heavy atom. The van der Waals surface area contributed by atoms with Crippen molar-refractivity contribution in [3.63, 3.8) is 0 Å². The van der Waals surface area contributed by atoms with Crippen LogP contribution in [-0.2, 0) is 17.8 Å². The molecule has 1 fully saturated rings. The maximum absolute atomic E-state index is 12.7. The average Bonchev–Trinajstić information content (AvgIpc) is 2.78. The fourth-order valence-corrected chi connectivity index (χ4v) is 3.85. The van der Waals surface area contributed by atoms with E-state index in [2.05, 4.69) is 34.3 Å². The average molecular weight is 390 g/mol. The molecule has 1 aliphatic heterocycles. The van der Waals surface area contributed by atoms with E-state index < -0.39 is 0 Å². The molecule has 29 heavy (non-hydrogen) atoms. The van der Waals surface area contributed by atoms with Crippen LogP contribution in [-0.4, -0.2) is 58.2 Å². The molecule has 1 saturated heterocycles. The van der Waals surface area contributed by atoms with Crippen LogP contribution in [0.3, 0.4) is 0 Å². The van der Waals surface area contributed by atoms with Gasteiger partial charge in [0.2, 0.25) is 11.3 Å². The molecule has 6 nitrogen and oxygen atoms in total. The molecule has 0 atom stereocenters. The monoisotopic (exact) mass is 390 g/mol. The molecular weight excluding hydrogens is 364 g/mol. The van der Waals surface area contributed by atoms with E-state index >= 15 is 0 Å². The smallest absolute Gasteiger partial charge is 0.224 e. The van der Waals surface area contributed by atoms with Gasteiger partial charge in [-0.25, -0.2) is 0 Å². The SMILES string of the molecule is O=C(CCn1ncc(=O)c2ccccc21)N1CCN(CCc2ccccc2)CC1. The molecule has 2 aromatic carbocycles. The molecular formula is C23H26N4O2. The van der Waals surface area contributed by atoms with Crippen molar-refractivity contribution in [2.45, 2.75) is 19.4 Å². The predicted molar refractivity (Wildman–Crippen MR) is 114 cm³/mol. The zero-order valence-electron chi connectivity index (χ0n) is 16.5. The highest BCUT2D eigenvalue weighted by atomic mass is 16.2. The summed E-state index contributed by atoms with van der Waals surface area (Å²) < 4.78 is 1.75. The summed E-state index contributed by atoms with van der Waals surface area (Å²) in [4.78, 5) is 29.0. The number of piperazine rings is 1. The second kappa shape index (κ2) is 9.01. The standard InChI is InChI=1S/C23H26N4O2/c28-22-18-24-27(21-9-5-4-8-20(21)22)13-11-23(29)26-16-14-25(15-17-26)12-10-19-6-2-1-3-7-19/h1-9,18H,10-17H2. The first kappa shape index (κ1) is 19.3. The Labute approximate surface area is 170 Å². The zero-order valence-corrected chi connectivity index (χ0v) is 16.5. The molecule has 0 saturated carbocycles. The van der Waals surface area contributed by atoms with E-state index in [0.717, 1.165) is 44.7 Å². The first-order valence-corrected chi connectivity index (χ1v) is 10.2. The molecule has 0 radical (unpaired) electrons. The second-order valence-electron chi connectivity index (χ2n) is 7.46. The van der Waals surface area contributed by atoms with Crippen LogP contribution >= 0.6 is 0 Å². The van der Waals surface area contributed by atoms with Gasteiger partial charge in [-0.15, -0.1) is 0 Å². The number of carbonyl (C=O) groups is 1. The first-order chi connectivity index (χ1) is 14.2. The minimum Gasteiger partial charge on any atom is -0.340 e. The summed E-state index contributed by atoms with van der Waals surface area (Å²) in [5.74, 6) is 0.150. The van der Waals surface area contributed by atoms with Crippen molar-refractivity contribution in [1.29, 1.82) is 0 Å². The largest absolute Gasteiger partial charge is 0.340 e. The van der Waals surface area contributed by atoms with E-state index in [-0.39, 0.29) is 11.3 Å². The second-order valence-corrected chi connectivity index (χ2v) is 7.46. The lowest BCUT2D eigenvalue weighted by Crippen LogP contribution is -2.49. The topological polar surface area (TPSA) is 58.4 Å². The number of benzene rings is 2. The molecule has 3 aromatic rings. The predicted octanol–water partition coefficient (Wildman–Crippen LogP) is 2.17. The number of amides is 1. The lowest BCUT2D eigenvalue weighted by molar-refractivity contribution is -0.133. The molecule has 4 rings (SSSR count). The van der Waals surface area contributed by atoms with Crippen LogP contribution in [0.2, 0.25) is 0 Å². The van der Waals surface area contributed by atoms with Crippen molar-refractivity contribution in [2.24, 2.45) is 0 Å². The van der Waals surface area contributed by atoms with Gasteiger partial charge in [-0.05, 0) is 24.1 Å². The normalized spacial score (nSPS) is 15.0. The number of hydrogen-bond donors (Lipinski definition) is 0. The van der Waals surface area contributed by atoms with Crippen LogP contribution in [0.4, 0.5) is 0 Å². The minimum atomic E-state index is -0.0881. The van der Waals surface area contributed by atoms with Gasteiger partial charge >= 0.3 is 0 Å².